The lowest BCUT2D eigenvalue weighted by Gasteiger charge is -2.34. The summed E-state index contributed by atoms with van der Waals surface area (Å²) < 4.78 is 13.7. The van der Waals surface area contributed by atoms with Crippen molar-refractivity contribution in [3.63, 3.8) is 0 Å². The lowest BCUT2D eigenvalue weighted by atomic mass is 9.78. The maximum Gasteiger partial charge on any atom is 0.225 e. The Kier molecular flexibility index (Phi) is 7.81. The van der Waals surface area contributed by atoms with Crippen LogP contribution in [0.3, 0.4) is 0 Å². The molecule has 1 aliphatic carbocycles. The maximum atomic E-state index is 13.7. The quantitative estimate of drug-likeness (QED) is 0.652. The predicted octanol–water partition coefficient (Wildman–Crippen LogP) is 4.65. The molecule has 0 saturated heterocycles. The highest BCUT2D eigenvalue weighted by Gasteiger charge is 2.33. The van der Waals surface area contributed by atoms with E-state index >= 15 is 0 Å². The fraction of sp³-hybridized carbons (Fsp3) is 0.542. The molecular weight excluding hydrogens is 413 g/mol. The standard InChI is InChI=1S/C24H32FN3O2S/c1-24(2,3)23(30)28-21(22-26-12-13-31-22)17-10-8-16(9-11-17)15-27-20(29)14-18-6-4-5-7-19(18)25/h4-7,12-13,16-17,21H,8-11,14-15H2,1-3H3,(H,27,29)(H,28,30)/t16?,17?,21-/m1/s1. The van der Waals surface area contributed by atoms with Crippen molar-refractivity contribution in [2.45, 2.75) is 58.9 Å². The number of nitrogens with one attached hydrogen (secondary N) is 2. The van der Waals surface area contributed by atoms with E-state index in [0.717, 1.165) is 30.7 Å². The van der Waals surface area contributed by atoms with Gasteiger partial charge in [0.2, 0.25) is 11.8 Å². The van der Waals surface area contributed by atoms with Gasteiger partial charge in [-0.15, -0.1) is 11.3 Å². The van der Waals surface area contributed by atoms with Crippen molar-refractivity contribution in [1.29, 1.82) is 0 Å². The van der Waals surface area contributed by atoms with Gasteiger partial charge in [0.25, 0.3) is 0 Å². The highest BCUT2D eigenvalue weighted by atomic mass is 32.1. The summed E-state index contributed by atoms with van der Waals surface area (Å²) in [5.41, 5.74) is -0.0283. The minimum Gasteiger partial charge on any atom is -0.356 e. The molecule has 1 aliphatic rings. The second-order valence-electron chi connectivity index (χ2n) is 9.42. The summed E-state index contributed by atoms with van der Waals surface area (Å²) in [5.74, 6) is 0.281. The molecule has 1 aromatic carbocycles. The van der Waals surface area contributed by atoms with Crippen molar-refractivity contribution in [3.05, 3.63) is 52.2 Å². The number of aromatic nitrogens is 1. The van der Waals surface area contributed by atoms with E-state index < -0.39 is 5.41 Å². The minimum absolute atomic E-state index is 0.0373. The number of thiazole rings is 1. The fourth-order valence-corrected chi connectivity index (χ4v) is 4.77. The second-order valence-corrected chi connectivity index (χ2v) is 10.4. The molecule has 2 aromatic rings. The van der Waals surface area contributed by atoms with Gasteiger partial charge in [0.1, 0.15) is 10.8 Å². The molecule has 168 valence electrons. The molecule has 2 amide bonds. The molecule has 1 atom stereocenters. The van der Waals surface area contributed by atoms with Crippen LogP contribution in [-0.4, -0.2) is 23.3 Å². The van der Waals surface area contributed by atoms with Gasteiger partial charge in [-0.05, 0) is 49.1 Å². The van der Waals surface area contributed by atoms with Crippen LogP contribution in [0.1, 0.15) is 63.1 Å². The monoisotopic (exact) mass is 445 g/mol. The Morgan fingerprint density at radius 1 is 1.19 bits per heavy atom. The normalized spacial score (nSPS) is 20.1. The lowest BCUT2D eigenvalue weighted by Crippen LogP contribution is -2.41. The highest BCUT2D eigenvalue weighted by molar-refractivity contribution is 7.09. The molecule has 2 N–H and O–H groups in total. The molecule has 1 fully saturated rings. The van der Waals surface area contributed by atoms with E-state index in [9.17, 15) is 14.0 Å². The summed E-state index contributed by atoms with van der Waals surface area (Å²) in [6, 6.07) is 6.32. The van der Waals surface area contributed by atoms with Crippen molar-refractivity contribution < 1.29 is 14.0 Å². The second kappa shape index (κ2) is 10.4. The third-order valence-electron chi connectivity index (χ3n) is 5.94. The minimum atomic E-state index is -0.449. The highest BCUT2D eigenvalue weighted by Crippen LogP contribution is 2.38. The number of carbonyl (C=O) groups excluding carboxylic acids is 2. The summed E-state index contributed by atoms with van der Waals surface area (Å²) in [5, 5.41) is 9.10. The zero-order valence-electron chi connectivity index (χ0n) is 18.5. The van der Waals surface area contributed by atoms with Crippen LogP contribution in [-0.2, 0) is 16.0 Å². The Balaban J connectivity index is 1.50. The summed E-state index contributed by atoms with van der Waals surface area (Å²) in [6.07, 6.45) is 5.76. The van der Waals surface area contributed by atoms with Crippen LogP contribution in [0.2, 0.25) is 0 Å². The van der Waals surface area contributed by atoms with Crippen LogP contribution in [0.15, 0.2) is 35.8 Å². The smallest absolute Gasteiger partial charge is 0.225 e. The molecule has 1 saturated carbocycles. The molecule has 0 spiro atoms. The molecule has 5 nitrogen and oxygen atoms in total. The lowest BCUT2D eigenvalue weighted by molar-refractivity contribution is -0.130. The van der Waals surface area contributed by atoms with Gasteiger partial charge >= 0.3 is 0 Å². The van der Waals surface area contributed by atoms with Gasteiger partial charge in [0, 0.05) is 23.5 Å². The topological polar surface area (TPSA) is 71.1 Å². The number of hydrogen-bond donors (Lipinski definition) is 2. The number of carbonyl (C=O) groups is 2. The Morgan fingerprint density at radius 3 is 2.52 bits per heavy atom. The molecular formula is C24H32FN3O2S. The number of amides is 2. The molecule has 31 heavy (non-hydrogen) atoms. The van der Waals surface area contributed by atoms with E-state index in [1.807, 2.05) is 26.2 Å². The van der Waals surface area contributed by atoms with Crippen molar-refractivity contribution in [2.75, 3.05) is 6.54 Å². The number of benzene rings is 1. The van der Waals surface area contributed by atoms with Gasteiger partial charge in [-0.2, -0.15) is 0 Å². The molecule has 0 bridgehead atoms. The third kappa shape index (κ3) is 6.60. The van der Waals surface area contributed by atoms with Crippen molar-refractivity contribution in [2.24, 2.45) is 17.3 Å². The van der Waals surface area contributed by atoms with Gasteiger partial charge in [0.05, 0.1) is 12.5 Å². The first-order valence-electron chi connectivity index (χ1n) is 10.9. The Morgan fingerprint density at radius 2 is 1.90 bits per heavy atom. The number of halogens is 1. The van der Waals surface area contributed by atoms with Crippen LogP contribution < -0.4 is 10.6 Å². The fourth-order valence-electron chi connectivity index (χ4n) is 3.99. The van der Waals surface area contributed by atoms with E-state index in [2.05, 4.69) is 15.6 Å². The van der Waals surface area contributed by atoms with E-state index in [0.29, 0.717) is 23.9 Å². The van der Waals surface area contributed by atoms with Crippen LogP contribution in [0.4, 0.5) is 4.39 Å². The van der Waals surface area contributed by atoms with E-state index in [-0.39, 0.29) is 30.1 Å². The van der Waals surface area contributed by atoms with Crippen LogP contribution in [0.25, 0.3) is 0 Å². The summed E-state index contributed by atoms with van der Waals surface area (Å²) in [7, 11) is 0. The largest absolute Gasteiger partial charge is 0.356 e. The average molecular weight is 446 g/mol. The first-order chi connectivity index (χ1) is 14.7. The zero-order chi connectivity index (χ0) is 22.4. The number of nitrogens with zero attached hydrogens (tertiary/aromatic N) is 1. The molecule has 3 rings (SSSR count). The van der Waals surface area contributed by atoms with Gasteiger partial charge in [0.15, 0.2) is 0 Å². The summed E-state index contributed by atoms with van der Waals surface area (Å²) in [6.45, 7) is 6.36. The SMILES string of the molecule is CC(C)(C)C(=O)N[C@@H](c1nccs1)C1CCC(CNC(=O)Cc2ccccc2F)CC1. The molecule has 0 radical (unpaired) electrons. The first kappa shape index (κ1) is 23.4. The molecule has 0 unspecified atom stereocenters. The van der Waals surface area contributed by atoms with Crippen LogP contribution in [0.5, 0.6) is 0 Å². The van der Waals surface area contributed by atoms with Gasteiger partial charge in [-0.3, -0.25) is 9.59 Å². The van der Waals surface area contributed by atoms with Crippen molar-refractivity contribution in [1.82, 2.24) is 15.6 Å². The Labute approximate surface area is 187 Å². The van der Waals surface area contributed by atoms with Gasteiger partial charge in [-0.25, -0.2) is 9.37 Å². The summed E-state index contributed by atoms with van der Waals surface area (Å²) >= 11 is 1.58. The van der Waals surface area contributed by atoms with E-state index in [4.69, 9.17) is 0 Å². The maximum absolute atomic E-state index is 13.7. The van der Waals surface area contributed by atoms with Crippen LogP contribution >= 0.6 is 11.3 Å². The third-order valence-corrected chi connectivity index (χ3v) is 6.80. The first-order valence-corrected chi connectivity index (χ1v) is 11.8. The van der Waals surface area contributed by atoms with E-state index in [1.54, 1.807) is 35.7 Å². The van der Waals surface area contributed by atoms with Gasteiger partial charge in [-0.1, -0.05) is 39.0 Å². The summed E-state index contributed by atoms with van der Waals surface area (Å²) in [4.78, 5) is 29.3. The average Bonchev–Trinajstić information content (AvgIpc) is 3.26. The predicted molar refractivity (Wildman–Crippen MR) is 121 cm³/mol. The molecule has 1 aromatic heterocycles. The molecule has 7 heteroatoms. The molecule has 1 heterocycles. The number of hydrogen-bond acceptors (Lipinski definition) is 4. The van der Waals surface area contributed by atoms with E-state index in [1.165, 1.54) is 6.07 Å². The zero-order valence-corrected chi connectivity index (χ0v) is 19.3. The van der Waals surface area contributed by atoms with Crippen molar-refractivity contribution >= 4 is 23.2 Å². The van der Waals surface area contributed by atoms with Crippen LogP contribution in [0, 0.1) is 23.1 Å². The van der Waals surface area contributed by atoms with Gasteiger partial charge < -0.3 is 10.6 Å². The molecule has 0 aliphatic heterocycles. The Hall–Kier alpha value is -2.28. The number of rotatable bonds is 7. The van der Waals surface area contributed by atoms with Crippen molar-refractivity contribution in [3.8, 4) is 0 Å². The Bertz CT molecular complexity index is 871.